The second kappa shape index (κ2) is 4.72. The molecule has 0 aliphatic carbocycles. The van der Waals surface area contributed by atoms with E-state index in [4.69, 9.17) is 15.2 Å². The van der Waals surface area contributed by atoms with Gasteiger partial charge in [-0.15, -0.1) is 0 Å². The maximum atomic E-state index is 5.38. The Morgan fingerprint density at radius 1 is 1.31 bits per heavy atom. The van der Waals surface area contributed by atoms with Gasteiger partial charge in [-0.2, -0.15) is 0 Å². The minimum Gasteiger partial charge on any atom is -0.493 e. The lowest BCUT2D eigenvalue weighted by molar-refractivity contribution is 0.302. The average molecular weight is 181 g/mol. The molecule has 0 amide bonds. The molecule has 1 aromatic carbocycles. The van der Waals surface area contributed by atoms with Crippen LogP contribution in [0.3, 0.4) is 0 Å². The van der Waals surface area contributed by atoms with Crippen LogP contribution in [0, 0.1) is 6.92 Å². The number of methoxy groups -OCH3 is 1. The molecule has 1 rings (SSSR count). The molecule has 72 valence electrons. The van der Waals surface area contributed by atoms with Crippen molar-refractivity contribution < 1.29 is 9.47 Å². The number of rotatable bonds is 4. The predicted molar refractivity (Wildman–Crippen MR) is 52.3 cm³/mol. The SMILES string of the molecule is COc1cc(C)ccc1OCCN. The Balaban J connectivity index is 2.79. The molecule has 0 saturated heterocycles. The molecule has 3 nitrogen and oxygen atoms in total. The summed E-state index contributed by atoms with van der Waals surface area (Å²) in [5.74, 6) is 1.51. The first kappa shape index (κ1) is 9.86. The van der Waals surface area contributed by atoms with Crippen LogP contribution in [0.15, 0.2) is 18.2 Å². The summed E-state index contributed by atoms with van der Waals surface area (Å²) in [6, 6.07) is 5.81. The topological polar surface area (TPSA) is 44.5 Å². The maximum absolute atomic E-state index is 5.38. The fourth-order valence-corrected chi connectivity index (χ4v) is 1.06. The standard InChI is InChI=1S/C10H15NO2/c1-8-3-4-9(13-6-5-11)10(7-8)12-2/h3-4,7H,5-6,11H2,1-2H3. The van der Waals surface area contributed by atoms with Gasteiger partial charge in [0.25, 0.3) is 0 Å². The third kappa shape index (κ3) is 2.63. The van der Waals surface area contributed by atoms with E-state index in [1.807, 2.05) is 25.1 Å². The highest BCUT2D eigenvalue weighted by Crippen LogP contribution is 2.27. The molecule has 2 N–H and O–H groups in total. The van der Waals surface area contributed by atoms with Crippen molar-refractivity contribution in [1.82, 2.24) is 0 Å². The van der Waals surface area contributed by atoms with Gasteiger partial charge in [0.05, 0.1) is 7.11 Å². The van der Waals surface area contributed by atoms with E-state index in [-0.39, 0.29) is 0 Å². The number of hydrogen-bond donors (Lipinski definition) is 1. The minimum absolute atomic E-state index is 0.511. The van der Waals surface area contributed by atoms with Gasteiger partial charge in [-0.25, -0.2) is 0 Å². The summed E-state index contributed by atoms with van der Waals surface area (Å²) in [6.07, 6.45) is 0. The van der Waals surface area contributed by atoms with E-state index < -0.39 is 0 Å². The summed E-state index contributed by atoms with van der Waals surface area (Å²) < 4.78 is 10.5. The van der Waals surface area contributed by atoms with Crippen molar-refractivity contribution in [3.8, 4) is 11.5 Å². The highest BCUT2D eigenvalue weighted by atomic mass is 16.5. The minimum atomic E-state index is 0.511. The van der Waals surface area contributed by atoms with Gasteiger partial charge in [-0.1, -0.05) is 6.07 Å². The second-order valence-electron chi connectivity index (χ2n) is 2.79. The largest absolute Gasteiger partial charge is 0.493 e. The fraction of sp³-hybridized carbons (Fsp3) is 0.400. The Kier molecular flexibility index (Phi) is 3.58. The summed E-state index contributed by atoms with van der Waals surface area (Å²) in [6.45, 7) is 3.03. The number of benzene rings is 1. The zero-order valence-electron chi connectivity index (χ0n) is 8.04. The first-order valence-electron chi connectivity index (χ1n) is 4.25. The first-order chi connectivity index (χ1) is 6.27. The first-order valence-corrected chi connectivity index (χ1v) is 4.25. The summed E-state index contributed by atoms with van der Waals surface area (Å²) in [5, 5.41) is 0. The van der Waals surface area contributed by atoms with Gasteiger partial charge in [0.1, 0.15) is 6.61 Å². The maximum Gasteiger partial charge on any atom is 0.161 e. The van der Waals surface area contributed by atoms with E-state index in [1.54, 1.807) is 7.11 Å². The zero-order chi connectivity index (χ0) is 9.68. The zero-order valence-corrected chi connectivity index (χ0v) is 8.04. The molecule has 0 fully saturated rings. The molecule has 13 heavy (non-hydrogen) atoms. The molecule has 0 radical (unpaired) electrons. The lowest BCUT2D eigenvalue weighted by Gasteiger charge is -2.09. The van der Waals surface area contributed by atoms with Gasteiger partial charge in [-0.3, -0.25) is 0 Å². The van der Waals surface area contributed by atoms with Crippen LogP contribution in [0.4, 0.5) is 0 Å². The lowest BCUT2D eigenvalue weighted by atomic mass is 10.2. The van der Waals surface area contributed by atoms with Crippen molar-refractivity contribution in [3.05, 3.63) is 23.8 Å². The normalized spacial score (nSPS) is 9.77. The third-order valence-corrected chi connectivity index (χ3v) is 1.69. The van der Waals surface area contributed by atoms with Crippen molar-refractivity contribution in [2.45, 2.75) is 6.92 Å². The molecule has 0 aromatic heterocycles. The molecule has 0 heterocycles. The Bertz CT molecular complexity index is 274. The van der Waals surface area contributed by atoms with E-state index in [1.165, 1.54) is 0 Å². The van der Waals surface area contributed by atoms with Gasteiger partial charge in [0.2, 0.25) is 0 Å². The van der Waals surface area contributed by atoms with Gasteiger partial charge in [0.15, 0.2) is 11.5 Å². The molecule has 0 bridgehead atoms. The van der Waals surface area contributed by atoms with Gasteiger partial charge in [-0.05, 0) is 24.6 Å². The van der Waals surface area contributed by atoms with E-state index in [0.717, 1.165) is 17.1 Å². The number of nitrogens with two attached hydrogens (primary N) is 1. The van der Waals surface area contributed by atoms with Crippen LogP contribution in [0.1, 0.15) is 5.56 Å². The number of ether oxygens (including phenoxy) is 2. The molecule has 0 aliphatic heterocycles. The smallest absolute Gasteiger partial charge is 0.161 e. The Morgan fingerprint density at radius 3 is 2.69 bits per heavy atom. The molecule has 0 spiro atoms. The van der Waals surface area contributed by atoms with Crippen LogP contribution in [0.5, 0.6) is 11.5 Å². The van der Waals surface area contributed by atoms with Gasteiger partial charge < -0.3 is 15.2 Å². The van der Waals surface area contributed by atoms with Crippen molar-refractivity contribution >= 4 is 0 Å². The average Bonchev–Trinajstić information content (AvgIpc) is 2.16. The van der Waals surface area contributed by atoms with Crippen LogP contribution in [-0.2, 0) is 0 Å². The Labute approximate surface area is 78.5 Å². The predicted octanol–water partition coefficient (Wildman–Crippen LogP) is 1.34. The molecule has 0 aliphatic rings. The van der Waals surface area contributed by atoms with E-state index in [2.05, 4.69) is 0 Å². The van der Waals surface area contributed by atoms with Crippen LogP contribution in [0.2, 0.25) is 0 Å². The molecular weight excluding hydrogens is 166 g/mol. The molecule has 0 unspecified atom stereocenters. The summed E-state index contributed by atoms with van der Waals surface area (Å²) >= 11 is 0. The quantitative estimate of drug-likeness (QED) is 0.762. The lowest BCUT2D eigenvalue weighted by Crippen LogP contribution is -2.11. The summed E-state index contributed by atoms with van der Waals surface area (Å²) in [7, 11) is 1.63. The van der Waals surface area contributed by atoms with Gasteiger partial charge in [0, 0.05) is 6.54 Å². The molecule has 3 heteroatoms. The Morgan fingerprint density at radius 2 is 2.08 bits per heavy atom. The van der Waals surface area contributed by atoms with Crippen molar-refractivity contribution in [2.24, 2.45) is 5.73 Å². The van der Waals surface area contributed by atoms with Gasteiger partial charge >= 0.3 is 0 Å². The highest BCUT2D eigenvalue weighted by Gasteiger charge is 2.02. The van der Waals surface area contributed by atoms with Crippen LogP contribution >= 0.6 is 0 Å². The molecule has 0 atom stereocenters. The number of hydrogen-bond acceptors (Lipinski definition) is 3. The fourth-order valence-electron chi connectivity index (χ4n) is 1.06. The monoisotopic (exact) mass is 181 g/mol. The van der Waals surface area contributed by atoms with Crippen molar-refractivity contribution in [1.29, 1.82) is 0 Å². The summed E-state index contributed by atoms with van der Waals surface area (Å²) in [5.41, 5.74) is 6.48. The summed E-state index contributed by atoms with van der Waals surface area (Å²) in [4.78, 5) is 0. The Hall–Kier alpha value is -1.22. The van der Waals surface area contributed by atoms with E-state index in [0.29, 0.717) is 13.2 Å². The molecule has 1 aromatic rings. The molecular formula is C10H15NO2. The second-order valence-corrected chi connectivity index (χ2v) is 2.79. The van der Waals surface area contributed by atoms with Crippen LogP contribution in [-0.4, -0.2) is 20.3 Å². The highest BCUT2D eigenvalue weighted by molar-refractivity contribution is 5.42. The van der Waals surface area contributed by atoms with Crippen molar-refractivity contribution in [3.63, 3.8) is 0 Å². The van der Waals surface area contributed by atoms with Crippen molar-refractivity contribution in [2.75, 3.05) is 20.3 Å². The van der Waals surface area contributed by atoms with Crippen LogP contribution < -0.4 is 15.2 Å². The van der Waals surface area contributed by atoms with E-state index in [9.17, 15) is 0 Å². The number of aryl methyl sites for hydroxylation is 1. The third-order valence-electron chi connectivity index (χ3n) is 1.69. The molecule has 0 saturated carbocycles. The van der Waals surface area contributed by atoms with Crippen LogP contribution in [0.25, 0.3) is 0 Å². The van der Waals surface area contributed by atoms with E-state index >= 15 is 0 Å².